The first kappa shape index (κ1) is 12.9. The summed E-state index contributed by atoms with van der Waals surface area (Å²) >= 11 is 0. The number of carboxylic acid groups (broad SMARTS) is 1. The maximum Gasteiger partial charge on any atom is 0.305 e. The Kier molecular flexibility index (Phi) is 3.90. The van der Waals surface area contributed by atoms with Crippen LogP contribution in [0.1, 0.15) is 31.7 Å². The normalized spacial score (nSPS) is 16.3. The lowest BCUT2D eigenvalue weighted by Crippen LogP contribution is -2.36. The van der Waals surface area contributed by atoms with E-state index in [1.165, 1.54) is 24.1 Å². The molecule has 3 nitrogen and oxygen atoms in total. The van der Waals surface area contributed by atoms with E-state index in [0.717, 1.165) is 5.92 Å². The molecule has 3 heteroatoms. The minimum atomic E-state index is -0.725. The molecule has 98 valence electrons. The van der Waals surface area contributed by atoms with Gasteiger partial charge in [-0.25, -0.2) is 0 Å². The number of carbonyl (C=O) groups is 1. The Morgan fingerprint density at radius 3 is 2.67 bits per heavy atom. The van der Waals surface area contributed by atoms with E-state index < -0.39 is 5.97 Å². The topological polar surface area (TPSA) is 40.5 Å². The molecule has 0 spiro atoms. The van der Waals surface area contributed by atoms with Crippen LogP contribution in [0.5, 0.6) is 0 Å². The van der Waals surface area contributed by atoms with E-state index in [-0.39, 0.29) is 6.42 Å². The summed E-state index contributed by atoms with van der Waals surface area (Å²) in [6, 6.07) is 8.66. The van der Waals surface area contributed by atoms with Gasteiger partial charge in [0.2, 0.25) is 0 Å². The highest BCUT2D eigenvalue weighted by Gasteiger charge is 2.32. The number of rotatable bonds is 6. The van der Waals surface area contributed by atoms with Crippen LogP contribution in [-0.4, -0.2) is 23.7 Å². The highest BCUT2D eigenvalue weighted by Crippen LogP contribution is 2.37. The van der Waals surface area contributed by atoms with Crippen LogP contribution >= 0.6 is 0 Å². The molecule has 0 aliphatic heterocycles. The molecule has 1 unspecified atom stereocenters. The summed E-state index contributed by atoms with van der Waals surface area (Å²) in [6.45, 7) is 4.90. The largest absolute Gasteiger partial charge is 0.481 e. The van der Waals surface area contributed by atoms with Gasteiger partial charge in [0.05, 0.1) is 6.42 Å². The maximum atomic E-state index is 10.8. The number of nitrogens with zero attached hydrogens (tertiary/aromatic N) is 1. The molecule has 1 N–H and O–H groups in total. The molecule has 1 aliphatic rings. The van der Waals surface area contributed by atoms with Gasteiger partial charge in [0.15, 0.2) is 0 Å². The van der Waals surface area contributed by atoms with Gasteiger partial charge in [-0.15, -0.1) is 0 Å². The summed E-state index contributed by atoms with van der Waals surface area (Å²) < 4.78 is 0. The summed E-state index contributed by atoms with van der Waals surface area (Å²) in [5, 5.41) is 8.89. The van der Waals surface area contributed by atoms with E-state index in [9.17, 15) is 4.79 Å². The Bertz CT molecular complexity index is 426. The lowest BCUT2D eigenvalue weighted by molar-refractivity contribution is -0.136. The fraction of sp³-hybridized carbons (Fsp3) is 0.533. The number of aryl methyl sites for hydroxylation is 1. The molecule has 0 saturated heterocycles. The SMILES string of the molecule is Cc1ccccc1N(CCC(=O)O)C(C)C1CC1. The summed E-state index contributed by atoms with van der Waals surface area (Å²) in [5.41, 5.74) is 2.40. The molecule has 1 fully saturated rings. The molecule has 1 aromatic carbocycles. The Labute approximate surface area is 108 Å². The maximum absolute atomic E-state index is 10.8. The number of anilines is 1. The van der Waals surface area contributed by atoms with Crippen molar-refractivity contribution in [1.29, 1.82) is 0 Å². The van der Waals surface area contributed by atoms with Gasteiger partial charge < -0.3 is 10.0 Å². The zero-order valence-electron chi connectivity index (χ0n) is 11.1. The average Bonchev–Trinajstić information content (AvgIpc) is 3.14. The fourth-order valence-electron chi connectivity index (χ4n) is 2.48. The van der Waals surface area contributed by atoms with Crippen molar-refractivity contribution < 1.29 is 9.90 Å². The van der Waals surface area contributed by atoms with E-state index >= 15 is 0 Å². The second-order valence-electron chi connectivity index (χ2n) is 5.20. The molecule has 0 heterocycles. The highest BCUT2D eigenvalue weighted by molar-refractivity contribution is 5.68. The van der Waals surface area contributed by atoms with E-state index in [1.54, 1.807) is 0 Å². The van der Waals surface area contributed by atoms with Gasteiger partial charge >= 0.3 is 5.97 Å². The Hall–Kier alpha value is -1.51. The third kappa shape index (κ3) is 3.03. The third-order valence-electron chi connectivity index (χ3n) is 3.79. The van der Waals surface area contributed by atoms with Gasteiger partial charge in [0, 0.05) is 18.3 Å². The first-order chi connectivity index (χ1) is 8.59. The van der Waals surface area contributed by atoms with Gasteiger partial charge in [-0.3, -0.25) is 4.79 Å². The summed E-state index contributed by atoms with van der Waals surface area (Å²) in [5.74, 6) is 0.00924. The predicted octanol–water partition coefficient (Wildman–Crippen LogP) is 3.07. The molecule has 1 aliphatic carbocycles. The Morgan fingerprint density at radius 2 is 2.11 bits per heavy atom. The predicted molar refractivity (Wildman–Crippen MR) is 73.0 cm³/mol. The molecular formula is C15H21NO2. The minimum absolute atomic E-state index is 0.200. The summed E-state index contributed by atoms with van der Waals surface area (Å²) in [4.78, 5) is 13.1. The molecule has 2 rings (SSSR count). The van der Waals surface area contributed by atoms with Crippen LogP contribution in [-0.2, 0) is 4.79 Å². The van der Waals surface area contributed by atoms with Crippen molar-refractivity contribution in [2.45, 2.75) is 39.2 Å². The third-order valence-corrected chi connectivity index (χ3v) is 3.79. The molecule has 1 aromatic rings. The van der Waals surface area contributed by atoms with Crippen LogP contribution in [0, 0.1) is 12.8 Å². The smallest absolute Gasteiger partial charge is 0.305 e. The standard InChI is InChI=1S/C15H21NO2/c1-11-5-3-4-6-14(11)16(10-9-15(17)18)12(2)13-7-8-13/h3-6,12-13H,7-10H2,1-2H3,(H,17,18). The van der Waals surface area contributed by atoms with Crippen molar-refractivity contribution in [1.82, 2.24) is 0 Å². The number of para-hydroxylation sites is 1. The van der Waals surface area contributed by atoms with Crippen LogP contribution in [0.4, 0.5) is 5.69 Å². The molecular weight excluding hydrogens is 226 g/mol. The van der Waals surface area contributed by atoms with Crippen molar-refractivity contribution in [3.63, 3.8) is 0 Å². The molecule has 1 saturated carbocycles. The zero-order valence-corrected chi connectivity index (χ0v) is 11.1. The second-order valence-corrected chi connectivity index (χ2v) is 5.20. The quantitative estimate of drug-likeness (QED) is 0.839. The molecule has 0 radical (unpaired) electrons. The molecule has 0 aromatic heterocycles. The van der Waals surface area contributed by atoms with Crippen LogP contribution in [0.25, 0.3) is 0 Å². The van der Waals surface area contributed by atoms with Gasteiger partial charge in [0.25, 0.3) is 0 Å². The van der Waals surface area contributed by atoms with Crippen molar-refractivity contribution in [2.24, 2.45) is 5.92 Å². The molecule has 0 amide bonds. The molecule has 18 heavy (non-hydrogen) atoms. The minimum Gasteiger partial charge on any atom is -0.481 e. The van der Waals surface area contributed by atoms with Gasteiger partial charge in [0.1, 0.15) is 0 Å². The van der Waals surface area contributed by atoms with E-state index in [2.05, 4.69) is 30.9 Å². The number of benzene rings is 1. The fourth-order valence-corrected chi connectivity index (χ4v) is 2.48. The lowest BCUT2D eigenvalue weighted by atomic mass is 10.1. The van der Waals surface area contributed by atoms with Crippen LogP contribution in [0.2, 0.25) is 0 Å². The summed E-state index contributed by atoms with van der Waals surface area (Å²) in [6.07, 6.45) is 2.75. The summed E-state index contributed by atoms with van der Waals surface area (Å²) in [7, 11) is 0. The second kappa shape index (κ2) is 5.42. The monoisotopic (exact) mass is 247 g/mol. The van der Waals surface area contributed by atoms with Crippen molar-refractivity contribution in [2.75, 3.05) is 11.4 Å². The van der Waals surface area contributed by atoms with Gasteiger partial charge in [-0.1, -0.05) is 18.2 Å². The number of hydrogen-bond donors (Lipinski definition) is 1. The average molecular weight is 247 g/mol. The van der Waals surface area contributed by atoms with E-state index in [0.29, 0.717) is 12.6 Å². The van der Waals surface area contributed by atoms with E-state index in [4.69, 9.17) is 5.11 Å². The zero-order chi connectivity index (χ0) is 13.1. The lowest BCUT2D eigenvalue weighted by Gasteiger charge is -2.32. The van der Waals surface area contributed by atoms with Crippen LogP contribution in [0.15, 0.2) is 24.3 Å². The van der Waals surface area contributed by atoms with Crippen molar-refractivity contribution >= 4 is 11.7 Å². The molecule has 1 atom stereocenters. The van der Waals surface area contributed by atoms with Gasteiger partial charge in [-0.2, -0.15) is 0 Å². The van der Waals surface area contributed by atoms with Gasteiger partial charge in [-0.05, 0) is 44.2 Å². The van der Waals surface area contributed by atoms with Crippen LogP contribution in [0.3, 0.4) is 0 Å². The number of aliphatic carboxylic acids is 1. The van der Waals surface area contributed by atoms with Crippen molar-refractivity contribution in [3.8, 4) is 0 Å². The highest BCUT2D eigenvalue weighted by atomic mass is 16.4. The first-order valence-electron chi connectivity index (χ1n) is 6.63. The Morgan fingerprint density at radius 1 is 1.44 bits per heavy atom. The number of hydrogen-bond acceptors (Lipinski definition) is 2. The first-order valence-corrected chi connectivity index (χ1v) is 6.63. The van der Waals surface area contributed by atoms with Crippen molar-refractivity contribution in [3.05, 3.63) is 29.8 Å². The number of carboxylic acids is 1. The molecule has 0 bridgehead atoms. The van der Waals surface area contributed by atoms with Crippen LogP contribution < -0.4 is 4.90 Å². The van der Waals surface area contributed by atoms with E-state index in [1.807, 2.05) is 12.1 Å². The Balaban J connectivity index is 2.17.